The van der Waals surface area contributed by atoms with Crippen molar-refractivity contribution in [2.75, 3.05) is 4.72 Å². The van der Waals surface area contributed by atoms with E-state index in [0.29, 0.717) is 5.82 Å². The largest absolute Gasteiger partial charge is 0.263 e. The minimum absolute atomic E-state index is 0.279. The summed E-state index contributed by atoms with van der Waals surface area (Å²) in [4.78, 5) is 4.29. The fourth-order valence-corrected chi connectivity index (χ4v) is 3.11. The highest BCUT2D eigenvalue weighted by molar-refractivity contribution is 7.92. The van der Waals surface area contributed by atoms with Gasteiger partial charge in [-0.3, -0.25) is 4.72 Å². The number of nitrogens with zero attached hydrogens (tertiary/aromatic N) is 1. The summed E-state index contributed by atoms with van der Waals surface area (Å²) in [5.41, 5.74) is 2.71. The summed E-state index contributed by atoms with van der Waals surface area (Å²) in [6, 6.07) is 8.75. The van der Waals surface area contributed by atoms with Gasteiger partial charge in [0.1, 0.15) is 5.82 Å². The molecule has 1 N–H and O–H groups in total. The molecule has 2 aromatic rings. The Balaban J connectivity index is 2.38. The van der Waals surface area contributed by atoms with Gasteiger partial charge in [-0.15, -0.1) is 0 Å². The lowest BCUT2D eigenvalue weighted by Crippen LogP contribution is -2.15. The molecule has 0 saturated heterocycles. The minimum atomic E-state index is -3.59. The molecular formula is C14H16N2O2S. The maximum atomic E-state index is 12.3. The van der Waals surface area contributed by atoms with E-state index in [1.54, 1.807) is 31.3 Å². The van der Waals surface area contributed by atoms with Gasteiger partial charge in [0.2, 0.25) is 0 Å². The Morgan fingerprint density at radius 2 is 1.68 bits per heavy atom. The van der Waals surface area contributed by atoms with Crippen LogP contribution in [-0.4, -0.2) is 13.4 Å². The SMILES string of the molecule is Cc1ccnc(NS(=O)(=O)c2ccc(C)cc2C)c1. The van der Waals surface area contributed by atoms with Crippen molar-refractivity contribution in [2.45, 2.75) is 25.7 Å². The molecule has 1 aromatic heterocycles. The van der Waals surface area contributed by atoms with Gasteiger partial charge in [0, 0.05) is 6.20 Å². The van der Waals surface area contributed by atoms with Crippen molar-refractivity contribution in [1.29, 1.82) is 0 Å². The van der Waals surface area contributed by atoms with Crippen LogP contribution in [0.25, 0.3) is 0 Å². The van der Waals surface area contributed by atoms with E-state index in [4.69, 9.17) is 0 Å². The molecule has 0 saturated carbocycles. The number of benzene rings is 1. The van der Waals surface area contributed by atoms with Crippen LogP contribution in [0.2, 0.25) is 0 Å². The number of aromatic nitrogens is 1. The maximum Gasteiger partial charge on any atom is 0.263 e. The first kappa shape index (κ1) is 13.5. The normalized spacial score (nSPS) is 11.3. The van der Waals surface area contributed by atoms with Crippen LogP contribution in [0.15, 0.2) is 41.4 Å². The van der Waals surface area contributed by atoms with Gasteiger partial charge in [0.05, 0.1) is 4.90 Å². The summed E-state index contributed by atoms with van der Waals surface area (Å²) in [6.07, 6.45) is 1.58. The third kappa shape index (κ3) is 3.12. The maximum absolute atomic E-state index is 12.3. The van der Waals surface area contributed by atoms with Crippen LogP contribution in [-0.2, 0) is 10.0 Å². The van der Waals surface area contributed by atoms with E-state index in [-0.39, 0.29) is 4.90 Å². The summed E-state index contributed by atoms with van der Waals surface area (Å²) in [7, 11) is -3.59. The predicted octanol–water partition coefficient (Wildman–Crippen LogP) is 2.81. The molecule has 0 radical (unpaired) electrons. The number of pyridine rings is 1. The molecule has 1 aromatic carbocycles. The highest BCUT2D eigenvalue weighted by Crippen LogP contribution is 2.19. The number of anilines is 1. The average molecular weight is 276 g/mol. The van der Waals surface area contributed by atoms with Gasteiger partial charge in [0.15, 0.2) is 0 Å². The molecule has 2 rings (SSSR count). The second-order valence-electron chi connectivity index (χ2n) is 4.59. The van der Waals surface area contributed by atoms with Crippen LogP contribution < -0.4 is 4.72 Å². The van der Waals surface area contributed by atoms with Crippen molar-refractivity contribution in [3.63, 3.8) is 0 Å². The van der Waals surface area contributed by atoms with Crippen molar-refractivity contribution in [1.82, 2.24) is 4.98 Å². The number of sulfonamides is 1. The fourth-order valence-electron chi connectivity index (χ4n) is 1.89. The number of hydrogen-bond donors (Lipinski definition) is 1. The molecule has 4 nitrogen and oxygen atoms in total. The number of aryl methyl sites for hydroxylation is 3. The second kappa shape index (κ2) is 5.01. The molecule has 0 aliphatic rings. The van der Waals surface area contributed by atoms with Crippen molar-refractivity contribution in [2.24, 2.45) is 0 Å². The van der Waals surface area contributed by atoms with Gasteiger partial charge in [0.25, 0.3) is 10.0 Å². The molecule has 0 aliphatic carbocycles. The molecule has 0 atom stereocenters. The van der Waals surface area contributed by atoms with Gasteiger partial charge in [-0.2, -0.15) is 0 Å². The third-order valence-corrected chi connectivity index (χ3v) is 4.29. The predicted molar refractivity (Wildman–Crippen MR) is 75.7 cm³/mol. The van der Waals surface area contributed by atoms with E-state index in [9.17, 15) is 8.42 Å². The minimum Gasteiger partial charge on any atom is -0.263 e. The zero-order valence-corrected chi connectivity index (χ0v) is 12.0. The highest BCUT2D eigenvalue weighted by atomic mass is 32.2. The topological polar surface area (TPSA) is 59.1 Å². The standard InChI is InChI=1S/C14H16N2O2S/c1-10-4-5-13(12(3)8-10)19(17,18)16-14-9-11(2)6-7-15-14/h4-9H,1-3H3,(H,15,16). The first-order valence-corrected chi connectivity index (χ1v) is 7.39. The van der Waals surface area contributed by atoms with Crippen LogP contribution in [0.5, 0.6) is 0 Å². The summed E-state index contributed by atoms with van der Waals surface area (Å²) in [6.45, 7) is 5.60. The molecule has 0 spiro atoms. The summed E-state index contributed by atoms with van der Waals surface area (Å²) >= 11 is 0. The van der Waals surface area contributed by atoms with Crippen molar-refractivity contribution >= 4 is 15.8 Å². The Morgan fingerprint density at radius 1 is 1.00 bits per heavy atom. The van der Waals surface area contributed by atoms with Crippen molar-refractivity contribution < 1.29 is 8.42 Å². The number of nitrogens with one attached hydrogen (secondary N) is 1. The third-order valence-electron chi connectivity index (χ3n) is 2.77. The van der Waals surface area contributed by atoms with E-state index >= 15 is 0 Å². The lowest BCUT2D eigenvalue weighted by molar-refractivity contribution is 0.600. The Kier molecular flexibility index (Phi) is 3.57. The molecule has 0 fully saturated rings. The van der Waals surface area contributed by atoms with E-state index < -0.39 is 10.0 Å². The van der Waals surface area contributed by atoms with Crippen LogP contribution >= 0.6 is 0 Å². The molecule has 1 heterocycles. The van der Waals surface area contributed by atoms with E-state index in [2.05, 4.69) is 9.71 Å². The molecule has 0 unspecified atom stereocenters. The van der Waals surface area contributed by atoms with E-state index in [0.717, 1.165) is 16.7 Å². The van der Waals surface area contributed by atoms with Gasteiger partial charge in [-0.05, 0) is 50.1 Å². The van der Waals surface area contributed by atoms with Crippen molar-refractivity contribution in [3.05, 3.63) is 53.2 Å². The van der Waals surface area contributed by atoms with Crippen LogP contribution in [0.3, 0.4) is 0 Å². The van der Waals surface area contributed by atoms with Gasteiger partial charge < -0.3 is 0 Å². The summed E-state index contributed by atoms with van der Waals surface area (Å²) in [5.74, 6) is 0.333. The average Bonchev–Trinajstić information content (AvgIpc) is 2.27. The Bertz CT molecular complexity index is 709. The van der Waals surface area contributed by atoms with Gasteiger partial charge >= 0.3 is 0 Å². The van der Waals surface area contributed by atoms with Crippen LogP contribution in [0, 0.1) is 20.8 Å². The van der Waals surface area contributed by atoms with E-state index in [1.165, 1.54) is 0 Å². The molecule has 0 amide bonds. The van der Waals surface area contributed by atoms with Crippen LogP contribution in [0.4, 0.5) is 5.82 Å². The zero-order valence-electron chi connectivity index (χ0n) is 11.1. The zero-order chi connectivity index (χ0) is 14.0. The van der Waals surface area contributed by atoms with Crippen molar-refractivity contribution in [3.8, 4) is 0 Å². The second-order valence-corrected chi connectivity index (χ2v) is 6.24. The number of hydrogen-bond acceptors (Lipinski definition) is 3. The summed E-state index contributed by atoms with van der Waals surface area (Å²) in [5, 5.41) is 0. The fraction of sp³-hybridized carbons (Fsp3) is 0.214. The molecular weight excluding hydrogens is 260 g/mol. The Hall–Kier alpha value is -1.88. The lowest BCUT2D eigenvalue weighted by Gasteiger charge is -2.10. The Labute approximate surface area is 113 Å². The molecule has 0 aliphatic heterocycles. The van der Waals surface area contributed by atoms with Crippen LogP contribution in [0.1, 0.15) is 16.7 Å². The quantitative estimate of drug-likeness (QED) is 0.937. The molecule has 100 valence electrons. The lowest BCUT2D eigenvalue weighted by atomic mass is 10.2. The smallest absolute Gasteiger partial charge is 0.263 e. The highest BCUT2D eigenvalue weighted by Gasteiger charge is 2.17. The number of rotatable bonds is 3. The molecule has 5 heteroatoms. The Morgan fingerprint density at radius 3 is 2.32 bits per heavy atom. The monoisotopic (exact) mass is 276 g/mol. The summed E-state index contributed by atoms with van der Waals surface area (Å²) < 4.78 is 27.1. The first-order chi connectivity index (χ1) is 8.88. The molecule has 19 heavy (non-hydrogen) atoms. The van der Waals surface area contributed by atoms with Gasteiger partial charge in [-0.25, -0.2) is 13.4 Å². The molecule has 0 bridgehead atoms. The first-order valence-electron chi connectivity index (χ1n) is 5.91. The van der Waals surface area contributed by atoms with E-state index in [1.807, 2.05) is 26.0 Å². The van der Waals surface area contributed by atoms with Gasteiger partial charge in [-0.1, -0.05) is 17.7 Å².